The van der Waals surface area contributed by atoms with Gasteiger partial charge in [-0.25, -0.2) is 0 Å². The number of hydrogen-bond donors (Lipinski definition) is 1. The molecule has 2 rings (SSSR count). The molecule has 0 spiro atoms. The second-order valence-electron chi connectivity index (χ2n) is 4.88. The molecule has 104 valence electrons. The topological polar surface area (TPSA) is 15.3 Å². The Balaban J connectivity index is 0.00000144. The highest BCUT2D eigenvalue weighted by atomic mass is 35.5. The van der Waals surface area contributed by atoms with Gasteiger partial charge in [-0.2, -0.15) is 0 Å². The van der Waals surface area contributed by atoms with E-state index >= 15 is 0 Å². The minimum absolute atomic E-state index is 0. The highest BCUT2D eigenvalue weighted by molar-refractivity contribution is 5.85. The monoisotopic (exact) mass is 290 g/mol. The number of nitrogens with one attached hydrogen (secondary N) is 1. The largest absolute Gasteiger partial charge is 0.315 e. The van der Waals surface area contributed by atoms with Gasteiger partial charge in [-0.15, -0.1) is 24.8 Å². The van der Waals surface area contributed by atoms with Gasteiger partial charge in [0.05, 0.1) is 0 Å². The van der Waals surface area contributed by atoms with Gasteiger partial charge in [-0.1, -0.05) is 37.3 Å². The predicted molar refractivity (Wildman–Crippen MR) is 82.8 cm³/mol. The van der Waals surface area contributed by atoms with E-state index in [0.717, 1.165) is 12.5 Å². The number of likely N-dealkylation sites (tertiary alicyclic amines) is 1. The van der Waals surface area contributed by atoms with E-state index in [2.05, 4.69) is 54.5 Å². The maximum atomic E-state index is 3.43. The Morgan fingerprint density at radius 2 is 1.89 bits per heavy atom. The van der Waals surface area contributed by atoms with E-state index in [1.54, 1.807) is 0 Å². The number of rotatable bonds is 3. The van der Waals surface area contributed by atoms with Crippen LogP contribution in [0.4, 0.5) is 0 Å². The summed E-state index contributed by atoms with van der Waals surface area (Å²) < 4.78 is 0. The molecule has 1 heterocycles. The molecule has 1 N–H and O–H groups in total. The molecule has 2 nitrogen and oxygen atoms in total. The normalized spacial score (nSPS) is 23.9. The summed E-state index contributed by atoms with van der Waals surface area (Å²) in [6.45, 7) is 5.84. The number of halogens is 2. The van der Waals surface area contributed by atoms with Gasteiger partial charge in [-0.3, -0.25) is 4.90 Å². The lowest BCUT2D eigenvalue weighted by Gasteiger charge is -2.37. The minimum atomic E-state index is 0. The van der Waals surface area contributed by atoms with Crippen molar-refractivity contribution in [2.24, 2.45) is 5.92 Å². The molecule has 0 radical (unpaired) electrons. The van der Waals surface area contributed by atoms with Crippen LogP contribution in [0.25, 0.3) is 0 Å². The number of likely N-dealkylation sites (N-methyl/N-ethyl adjacent to an activating group) is 1. The van der Waals surface area contributed by atoms with Gasteiger partial charge in [0.25, 0.3) is 0 Å². The third-order valence-electron chi connectivity index (χ3n) is 3.66. The zero-order valence-corrected chi connectivity index (χ0v) is 12.8. The second kappa shape index (κ2) is 8.76. The van der Waals surface area contributed by atoms with E-state index in [9.17, 15) is 0 Å². The summed E-state index contributed by atoms with van der Waals surface area (Å²) in [6, 6.07) is 11.4. The first kappa shape index (κ1) is 17.7. The molecule has 1 aliphatic heterocycles. The summed E-state index contributed by atoms with van der Waals surface area (Å²) in [5.74, 6) is 0.803. The molecule has 1 aliphatic rings. The Bertz CT molecular complexity index is 319. The van der Waals surface area contributed by atoms with E-state index in [4.69, 9.17) is 0 Å². The first-order chi connectivity index (χ1) is 7.79. The van der Waals surface area contributed by atoms with Crippen LogP contribution in [0.3, 0.4) is 0 Å². The maximum Gasteiger partial charge on any atom is 0.0234 e. The maximum absolute atomic E-state index is 3.43. The lowest BCUT2D eigenvalue weighted by Crippen LogP contribution is -2.48. The van der Waals surface area contributed by atoms with E-state index < -0.39 is 0 Å². The van der Waals surface area contributed by atoms with Crippen LogP contribution < -0.4 is 5.32 Å². The molecule has 1 aromatic carbocycles. The Hall–Kier alpha value is -0.280. The minimum Gasteiger partial charge on any atom is -0.315 e. The van der Waals surface area contributed by atoms with E-state index in [1.807, 2.05) is 0 Å². The summed E-state index contributed by atoms with van der Waals surface area (Å²) in [6.07, 6.45) is 1.30. The van der Waals surface area contributed by atoms with Crippen molar-refractivity contribution in [1.82, 2.24) is 10.2 Å². The quantitative estimate of drug-likeness (QED) is 0.921. The van der Waals surface area contributed by atoms with E-state index in [-0.39, 0.29) is 24.8 Å². The van der Waals surface area contributed by atoms with Crippen LogP contribution in [-0.2, 0) is 6.54 Å². The van der Waals surface area contributed by atoms with Gasteiger partial charge in [0.1, 0.15) is 0 Å². The molecular formula is C14H24Cl2N2. The molecule has 0 aliphatic carbocycles. The van der Waals surface area contributed by atoms with Crippen LogP contribution in [0.15, 0.2) is 30.3 Å². The molecule has 4 heteroatoms. The van der Waals surface area contributed by atoms with Crippen molar-refractivity contribution in [2.75, 3.05) is 20.1 Å². The third kappa shape index (κ3) is 4.77. The van der Waals surface area contributed by atoms with Gasteiger partial charge in [0.2, 0.25) is 0 Å². The predicted octanol–water partition coefficient (Wildman–Crippen LogP) is 2.96. The lowest BCUT2D eigenvalue weighted by molar-refractivity contribution is 0.147. The van der Waals surface area contributed by atoms with Crippen molar-refractivity contribution in [2.45, 2.75) is 25.9 Å². The Kier molecular flexibility index (Phi) is 8.62. The molecule has 1 fully saturated rings. The molecule has 0 saturated carbocycles. The molecule has 2 atom stereocenters. The van der Waals surface area contributed by atoms with Crippen molar-refractivity contribution in [3.05, 3.63) is 35.9 Å². The zero-order chi connectivity index (χ0) is 11.4. The van der Waals surface area contributed by atoms with Crippen molar-refractivity contribution < 1.29 is 0 Å². The summed E-state index contributed by atoms with van der Waals surface area (Å²) in [4.78, 5) is 2.55. The van der Waals surface area contributed by atoms with Gasteiger partial charge < -0.3 is 5.32 Å². The fraction of sp³-hybridized carbons (Fsp3) is 0.571. The number of benzene rings is 1. The van der Waals surface area contributed by atoms with Crippen molar-refractivity contribution in [3.8, 4) is 0 Å². The highest BCUT2D eigenvalue weighted by Crippen LogP contribution is 2.18. The average Bonchev–Trinajstić information content (AvgIpc) is 2.33. The fourth-order valence-electron chi connectivity index (χ4n) is 2.50. The standard InChI is InChI=1S/C14H22N2.2ClH/c1-12-8-9-16(11-14(12)15-2)10-13-6-4-3-5-7-13;;/h3-7,12,14-15H,8-11H2,1-2H3;2*1H/t12-,14-;;/m1../s1. The average molecular weight is 291 g/mol. The van der Waals surface area contributed by atoms with Crippen molar-refractivity contribution >= 4 is 24.8 Å². The lowest BCUT2D eigenvalue weighted by atomic mass is 9.93. The van der Waals surface area contributed by atoms with E-state index in [0.29, 0.717) is 6.04 Å². The van der Waals surface area contributed by atoms with Gasteiger partial charge >= 0.3 is 0 Å². The smallest absolute Gasteiger partial charge is 0.0234 e. The molecule has 1 aromatic rings. The fourth-order valence-corrected chi connectivity index (χ4v) is 2.50. The van der Waals surface area contributed by atoms with Gasteiger partial charge in [0, 0.05) is 19.1 Å². The van der Waals surface area contributed by atoms with Crippen LogP contribution in [0, 0.1) is 5.92 Å². The molecule has 0 aromatic heterocycles. The van der Waals surface area contributed by atoms with Crippen molar-refractivity contribution in [3.63, 3.8) is 0 Å². The summed E-state index contributed by atoms with van der Waals surface area (Å²) in [5.41, 5.74) is 1.42. The summed E-state index contributed by atoms with van der Waals surface area (Å²) >= 11 is 0. The molecule has 18 heavy (non-hydrogen) atoms. The SMILES string of the molecule is CN[C@@H]1CN(Cc2ccccc2)CC[C@H]1C.Cl.Cl. The van der Waals surface area contributed by atoms with Crippen LogP contribution >= 0.6 is 24.8 Å². The molecule has 0 amide bonds. The summed E-state index contributed by atoms with van der Waals surface area (Å²) in [5, 5.41) is 3.43. The van der Waals surface area contributed by atoms with Crippen LogP contribution in [0.5, 0.6) is 0 Å². The highest BCUT2D eigenvalue weighted by Gasteiger charge is 2.24. The first-order valence-electron chi connectivity index (χ1n) is 6.23. The number of piperidine rings is 1. The molecule has 1 saturated heterocycles. The van der Waals surface area contributed by atoms with E-state index in [1.165, 1.54) is 25.1 Å². The molecule has 0 unspecified atom stereocenters. The van der Waals surface area contributed by atoms with Gasteiger partial charge in [0.15, 0.2) is 0 Å². The second-order valence-corrected chi connectivity index (χ2v) is 4.88. The first-order valence-corrected chi connectivity index (χ1v) is 6.23. The Labute approximate surface area is 123 Å². The third-order valence-corrected chi connectivity index (χ3v) is 3.66. The van der Waals surface area contributed by atoms with Crippen LogP contribution in [0.2, 0.25) is 0 Å². The molecule has 0 bridgehead atoms. The Morgan fingerprint density at radius 3 is 2.50 bits per heavy atom. The number of nitrogens with zero attached hydrogens (tertiary/aromatic N) is 1. The van der Waals surface area contributed by atoms with Crippen LogP contribution in [0.1, 0.15) is 18.9 Å². The number of hydrogen-bond acceptors (Lipinski definition) is 2. The summed E-state index contributed by atoms with van der Waals surface area (Å²) in [7, 11) is 2.08. The van der Waals surface area contributed by atoms with Crippen LogP contribution in [-0.4, -0.2) is 31.1 Å². The molecular weight excluding hydrogens is 267 g/mol. The van der Waals surface area contributed by atoms with Gasteiger partial charge in [-0.05, 0) is 31.5 Å². The zero-order valence-electron chi connectivity index (χ0n) is 11.1. The van der Waals surface area contributed by atoms with Crippen molar-refractivity contribution in [1.29, 1.82) is 0 Å². The Morgan fingerprint density at radius 1 is 1.22 bits per heavy atom.